The standard InChI is InChI=1S/C10H17IO/c1-4-10(5-2)8(3)9(11)6-7-12-10/h4-7H2,1-3H3. The maximum Gasteiger partial charge on any atom is 0.0893 e. The molecule has 0 radical (unpaired) electrons. The van der Waals surface area contributed by atoms with E-state index in [0.29, 0.717) is 0 Å². The minimum Gasteiger partial charge on any atom is -0.370 e. The van der Waals surface area contributed by atoms with E-state index >= 15 is 0 Å². The predicted octanol–water partition coefficient (Wildman–Crippen LogP) is 3.67. The van der Waals surface area contributed by atoms with Gasteiger partial charge in [-0.2, -0.15) is 0 Å². The van der Waals surface area contributed by atoms with Crippen molar-refractivity contribution < 1.29 is 4.74 Å². The highest BCUT2D eigenvalue weighted by molar-refractivity contribution is 14.1. The smallest absolute Gasteiger partial charge is 0.0893 e. The largest absolute Gasteiger partial charge is 0.370 e. The molecule has 0 fully saturated rings. The summed E-state index contributed by atoms with van der Waals surface area (Å²) in [6, 6.07) is 0. The highest BCUT2D eigenvalue weighted by atomic mass is 127. The van der Waals surface area contributed by atoms with Crippen LogP contribution in [-0.4, -0.2) is 12.2 Å². The summed E-state index contributed by atoms with van der Waals surface area (Å²) in [4.78, 5) is 0. The molecule has 0 aliphatic carbocycles. The first-order chi connectivity index (χ1) is 5.66. The topological polar surface area (TPSA) is 9.23 Å². The van der Waals surface area contributed by atoms with Crippen LogP contribution in [0.1, 0.15) is 40.0 Å². The molecule has 0 atom stereocenters. The van der Waals surface area contributed by atoms with Gasteiger partial charge in [0.05, 0.1) is 12.2 Å². The van der Waals surface area contributed by atoms with Crippen LogP contribution in [-0.2, 0) is 4.74 Å². The maximum absolute atomic E-state index is 5.88. The van der Waals surface area contributed by atoms with E-state index in [1.807, 2.05) is 0 Å². The van der Waals surface area contributed by atoms with Crippen molar-refractivity contribution in [3.63, 3.8) is 0 Å². The van der Waals surface area contributed by atoms with Gasteiger partial charge in [-0.25, -0.2) is 0 Å². The van der Waals surface area contributed by atoms with Crippen LogP contribution >= 0.6 is 22.6 Å². The van der Waals surface area contributed by atoms with Crippen LogP contribution in [0.5, 0.6) is 0 Å². The van der Waals surface area contributed by atoms with Gasteiger partial charge >= 0.3 is 0 Å². The van der Waals surface area contributed by atoms with E-state index in [4.69, 9.17) is 4.74 Å². The molecule has 1 aliphatic heterocycles. The summed E-state index contributed by atoms with van der Waals surface area (Å²) in [5.74, 6) is 0. The molecule has 1 rings (SSSR count). The van der Waals surface area contributed by atoms with Crippen LogP contribution in [0, 0.1) is 0 Å². The molecule has 12 heavy (non-hydrogen) atoms. The van der Waals surface area contributed by atoms with E-state index in [9.17, 15) is 0 Å². The Morgan fingerprint density at radius 1 is 1.42 bits per heavy atom. The first-order valence-corrected chi connectivity index (χ1v) is 5.74. The van der Waals surface area contributed by atoms with Crippen molar-refractivity contribution in [1.29, 1.82) is 0 Å². The molecule has 0 spiro atoms. The Bertz CT molecular complexity index is 192. The van der Waals surface area contributed by atoms with Gasteiger partial charge in [0.25, 0.3) is 0 Å². The molecule has 0 bridgehead atoms. The van der Waals surface area contributed by atoms with Gasteiger partial charge in [-0.05, 0) is 51.5 Å². The van der Waals surface area contributed by atoms with Gasteiger partial charge in [-0.1, -0.05) is 13.8 Å². The Morgan fingerprint density at radius 2 is 2.00 bits per heavy atom. The third-order valence-electron chi connectivity index (χ3n) is 2.93. The molecule has 1 heterocycles. The van der Waals surface area contributed by atoms with Crippen molar-refractivity contribution in [2.24, 2.45) is 0 Å². The van der Waals surface area contributed by atoms with Gasteiger partial charge in [0.2, 0.25) is 0 Å². The third kappa shape index (κ3) is 1.69. The zero-order chi connectivity index (χ0) is 9.19. The van der Waals surface area contributed by atoms with Crippen molar-refractivity contribution in [2.75, 3.05) is 6.61 Å². The molecule has 0 aromatic rings. The predicted molar refractivity (Wildman–Crippen MR) is 60.6 cm³/mol. The van der Waals surface area contributed by atoms with E-state index in [1.165, 1.54) is 9.15 Å². The van der Waals surface area contributed by atoms with Gasteiger partial charge in [0.1, 0.15) is 0 Å². The molecule has 0 saturated carbocycles. The van der Waals surface area contributed by atoms with Gasteiger partial charge in [-0.3, -0.25) is 0 Å². The zero-order valence-corrected chi connectivity index (χ0v) is 10.3. The summed E-state index contributed by atoms with van der Waals surface area (Å²) in [6.45, 7) is 7.54. The van der Waals surface area contributed by atoms with E-state index in [2.05, 4.69) is 43.4 Å². The van der Waals surface area contributed by atoms with Gasteiger partial charge < -0.3 is 4.74 Å². The summed E-state index contributed by atoms with van der Waals surface area (Å²) in [5, 5.41) is 0. The van der Waals surface area contributed by atoms with Crippen LogP contribution in [0.4, 0.5) is 0 Å². The molecule has 0 N–H and O–H groups in total. The summed E-state index contributed by atoms with van der Waals surface area (Å²) in [5.41, 5.74) is 1.52. The second kappa shape index (κ2) is 4.09. The lowest BCUT2D eigenvalue weighted by molar-refractivity contribution is -0.0298. The molecule has 2 heteroatoms. The molecule has 0 aromatic carbocycles. The van der Waals surface area contributed by atoms with Crippen LogP contribution in [0.2, 0.25) is 0 Å². The first kappa shape index (κ1) is 10.5. The Kier molecular flexibility index (Phi) is 3.58. The van der Waals surface area contributed by atoms with Gasteiger partial charge in [-0.15, -0.1) is 0 Å². The minimum absolute atomic E-state index is 0.0643. The fourth-order valence-electron chi connectivity index (χ4n) is 1.86. The summed E-state index contributed by atoms with van der Waals surface area (Å²) >= 11 is 2.45. The van der Waals surface area contributed by atoms with Crippen molar-refractivity contribution in [3.05, 3.63) is 9.15 Å². The number of hydrogen-bond donors (Lipinski definition) is 0. The average Bonchev–Trinajstić information content (AvgIpc) is 2.11. The van der Waals surface area contributed by atoms with E-state index in [-0.39, 0.29) is 5.60 Å². The van der Waals surface area contributed by atoms with Gasteiger partial charge in [0.15, 0.2) is 0 Å². The number of halogens is 1. The summed E-state index contributed by atoms with van der Waals surface area (Å²) in [6.07, 6.45) is 3.30. The lowest BCUT2D eigenvalue weighted by atomic mass is 9.87. The van der Waals surface area contributed by atoms with E-state index in [1.54, 1.807) is 0 Å². The van der Waals surface area contributed by atoms with Crippen LogP contribution in [0.25, 0.3) is 0 Å². The zero-order valence-electron chi connectivity index (χ0n) is 8.11. The molecule has 0 saturated heterocycles. The monoisotopic (exact) mass is 280 g/mol. The fraction of sp³-hybridized carbons (Fsp3) is 0.800. The van der Waals surface area contributed by atoms with Crippen LogP contribution in [0.15, 0.2) is 9.15 Å². The Hall–Kier alpha value is 0.430. The number of hydrogen-bond acceptors (Lipinski definition) is 1. The first-order valence-electron chi connectivity index (χ1n) is 4.66. The van der Waals surface area contributed by atoms with Crippen molar-refractivity contribution in [1.82, 2.24) is 0 Å². The average molecular weight is 280 g/mol. The molecular formula is C10H17IO. The lowest BCUT2D eigenvalue weighted by Crippen LogP contribution is -2.36. The van der Waals surface area contributed by atoms with E-state index < -0.39 is 0 Å². The molecule has 0 amide bonds. The van der Waals surface area contributed by atoms with Crippen molar-refractivity contribution >= 4 is 22.6 Å². The number of rotatable bonds is 2. The highest BCUT2D eigenvalue weighted by Gasteiger charge is 2.33. The SMILES string of the molecule is CCC1(CC)OCCC(I)=C1C. The molecule has 1 nitrogen and oxygen atoms in total. The molecule has 0 aromatic heterocycles. The van der Waals surface area contributed by atoms with Crippen molar-refractivity contribution in [3.8, 4) is 0 Å². The van der Waals surface area contributed by atoms with Crippen LogP contribution in [0.3, 0.4) is 0 Å². The van der Waals surface area contributed by atoms with Crippen LogP contribution < -0.4 is 0 Å². The molecule has 1 aliphatic rings. The van der Waals surface area contributed by atoms with Crippen molar-refractivity contribution in [2.45, 2.75) is 45.6 Å². The second-order valence-corrected chi connectivity index (χ2v) is 4.63. The molecule has 0 unspecified atom stereocenters. The molecular weight excluding hydrogens is 263 g/mol. The lowest BCUT2D eigenvalue weighted by Gasteiger charge is -2.37. The summed E-state index contributed by atoms with van der Waals surface area (Å²) in [7, 11) is 0. The minimum atomic E-state index is 0.0643. The quantitative estimate of drug-likeness (QED) is 0.701. The summed E-state index contributed by atoms with van der Waals surface area (Å²) < 4.78 is 7.39. The Morgan fingerprint density at radius 3 is 2.42 bits per heavy atom. The Labute approximate surface area is 88.7 Å². The Balaban J connectivity index is 2.95. The number of ether oxygens (including phenoxy) is 1. The normalized spacial score (nSPS) is 23.0. The third-order valence-corrected chi connectivity index (χ3v) is 4.28. The maximum atomic E-state index is 5.88. The molecule has 70 valence electrons. The van der Waals surface area contributed by atoms with Gasteiger partial charge in [0, 0.05) is 6.42 Å². The van der Waals surface area contributed by atoms with E-state index in [0.717, 1.165) is 25.9 Å². The second-order valence-electron chi connectivity index (χ2n) is 3.33. The fourth-order valence-corrected chi connectivity index (χ4v) is 2.58. The highest BCUT2D eigenvalue weighted by Crippen LogP contribution is 2.38.